The van der Waals surface area contributed by atoms with Crippen LogP contribution in [0.3, 0.4) is 0 Å². The zero-order chi connectivity index (χ0) is 23.0. The summed E-state index contributed by atoms with van der Waals surface area (Å²) in [5.41, 5.74) is 0.430. The van der Waals surface area contributed by atoms with Crippen molar-refractivity contribution in [1.29, 1.82) is 0 Å². The average Bonchev–Trinajstić information content (AvgIpc) is 3.53. The van der Waals surface area contributed by atoms with E-state index in [-0.39, 0.29) is 5.66 Å². The molecule has 6 rings (SSSR count). The van der Waals surface area contributed by atoms with Crippen molar-refractivity contribution < 1.29 is 4.57 Å². The molecule has 2 aliphatic carbocycles. The molecule has 0 aromatic heterocycles. The lowest BCUT2D eigenvalue weighted by atomic mass is 10.1. The summed E-state index contributed by atoms with van der Waals surface area (Å²) in [4.78, 5) is 0. The Morgan fingerprint density at radius 3 is 1.44 bits per heavy atom. The van der Waals surface area contributed by atoms with Crippen molar-refractivity contribution in [1.82, 2.24) is 0 Å². The summed E-state index contributed by atoms with van der Waals surface area (Å²) in [5, 5.41) is 4.75. The van der Waals surface area contributed by atoms with Crippen LogP contribution < -0.4 is 21.2 Å². The van der Waals surface area contributed by atoms with Crippen LogP contribution in [0.25, 0.3) is 0 Å². The van der Waals surface area contributed by atoms with Crippen molar-refractivity contribution >= 4 is 36.3 Å². The average molecular weight is 479 g/mol. The molecule has 0 N–H and O–H groups in total. The van der Waals surface area contributed by atoms with Crippen molar-refractivity contribution in [3.63, 3.8) is 0 Å². The van der Waals surface area contributed by atoms with Crippen LogP contribution in [0, 0.1) is 11.8 Å². The van der Waals surface area contributed by atoms with Gasteiger partial charge in [-0.05, 0) is 36.8 Å². The van der Waals surface area contributed by atoms with Crippen LogP contribution in [0.4, 0.5) is 0 Å². The maximum absolute atomic E-state index is 15.6. The van der Waals surface area contributed by atoms with Crippen LogP contribution in [-0.4, -0.2) is 11.3 Å². The van der Waals surface area contributed by atoms with E-state index >= 15 is 4.57 Å². The second kappa shape index (κ2) is 9.14. The largest absolute Gasteiger partial charge is 0.313 e. The van der Waals surface area contributed by atoms with Gasteiger partial charge in [0, 0.05) is 21.9 Å². The molecule has 0 spiro atoms. The molecule has 3 heteroatoms. The van der Waals surface area contributed by atoms with Gasteiger partial charge in [0.15, 0.2) is 0 Å². The maximum atomic E-state index is 15.6. The minimum Gasteiger partial charge on any atom is -0.313 e. The first kappa shape index (κ1) is 21.8. The van der Waals surface area contributed by atoms with Crippen molar-refractivity contribution in [3.05, 3.63) is 133 Å². The summed E-state index contributed by atoms with van der Waals surface area (Å²) in [6.45, 7) is 0. The van der Waals surface area contributed by atoms with Gasteiger partial charge in [-0.15, -0.1) is 0 Å². The standard InChI is InChI=1S/C31H28OP2/c32-34(28-17-9-3-10-18-28,29-19-11-4-12-20-29)31-25-22-21-24(23-25)30(31)33(26-13-5-1-6-14-26)27-15-7-2-8-16-27/h1-22,24-25,30-31H,23H2/t24-,25+,30-,31-/m0/s1. The Hall–Kier alpha value is -2.72. The summed E-state index contributed by atoms with van der Waals surface area (Å²) in [6.07, 6.45) is 5.90. The minimum atomic E-state index is -2.90. The van der Waals surface area contributed by atoms with Crippen molar-refractivity contribution in [3.8, 4) is 0 Å². The van der Waals surface area contributed by atoms with Gasteiger partial charge in [0.2, 0.25) is 0 Å². The van der Waals surface area contributed by atoms with E-state index in [0.29, 0.717) is 17.5 Å². The van der Waals surface area contributed by atoms with Crippen LogP contribution in [-0.2, 0) is 4.57 Å². The smallest absolute Gasteiger partial charge is 0.147 e. The number of hydrogen-bond donors (Lipinski definition) is 0. The van der Waals surface area contributed by atoms with E-state index in [4.69, 9.17) is 0 Å². The second-order valence-electron chi connectivity index (χ2n) is 9.30. The summed E-state index contributed by atoms with van der Waals surface area (Å²) >= 11 is 0. The molecule has 0 heterocycles. The van der Waals surface area contributed by atoms with E-state index in [0.717, 1.165) is 17.0 Å². The Morgan fingerprint density at radius 1 is 0.559 bits per heavy atom. The van der Waals surface area contributed by atoms with Gasteiger partial charge in [0.05, 0.1) is 0 Å². The Balaban J connectivity index is 1.57. The molecule has 4 aromatic carbocycles. The molecule has 0 unspecified atom stereocenters. The van der Waals surface area contributed by atoms with Gasteiger partial charge in [-0.2, -0.15) is 0 Å². The molecule has 2 aliphatic rings. The summed E-state index contributed by atoms with van der Waals surface area (Å²) < 4.78 is 15.6. The molecule has 168 valence electrons. The van der Waals surface area contributed by atoms with Gasteiger partial charge in [0.1, 0.15) is 7.14 Å². The van der Waals surface area contributed by atoms with Crippen molar-refractivity contribution in [2.75, 3.05) is 0 Å². The van der Waals surface area contributed by atoms with Crippen LogP contribution in [0.15, 0.2) is 133 Å². The lowest BCUT2D eigenvalue weighted by Gasteiger charge is -2.40. The van der Waals surface area contributed by atoms with E-state index in [2.05, 4.69) is 97.1 Å². The molecule has 0 radical (unpaired) electrons. The summed E-state index contributed by atoms with van der Waals surface area (Å²) in [5.74, 6) is 0.806. The molecular formula is C31H28OP2. The monoisotopic (exact) mass is 478 g/mol. The van der Waals surface area contributed by atoms with E-state index in [1.54, 1.807) is 0 Å². The number of rotatable bonds is 6. The van der Waals surface area contributed by atoms with Gasteiger partial charge < -0.3 is 4.57 Å². The lowest BCUT2D eigenvalue weighted by Crippen LogP contribution is -2.39. The maximum Gasteiger partial charge on any atom is 0.147 e. The predicted molar refractivity (Wildman–Crippen MR) is 147 cm³/mol. The normalized spacial score (nSPS) is 23.4. The van der Waals surface area contributed by atoms with Gasteiger partial charge >= 0.3 is 0 Å². The van der Waals surface area contributed by atoms with Crippen LogP contribution in [0.2, 0.25) is 0 Å². The topological polar surface area (TPSA) is 17.1 Å². The third-order valence-electron chi connectivity index (χ3n) is 7.44. The first-order chi connectivity index (χ1) is 16.8. The highest BCUT2D eigenvalue weighted by Crippen LogP contribution is 2.67. The highest BCUT2D eigenvalue weighted by atomic mass is 31.2. The highest BCUT2D eigenvalue weighted by Gasteiger charge is 2.56. The third kappa shape index (κ3) is 3.63. The van der Waals surface area contributed by atoms with E-state index in [1.165, 1.54) is 10.6 Å². The summed E-state index contributed by atoms with van der Waals surface area (Å²) in [7, 11) is -3.57. The van der Waals surface area contributed by atoms with E-state index in [1.807, 2.05) is 36.4 Å². The molecule has 0 saturated heterocycles. The Kier molecular flexibility index (Phi) is 5.86. The van der Waals surface area contributed by atoms with E-state index < -0.39 is 15.1 Å². The zero-order valence-corrected chi connectivity index (χ0v) is 20.8. The third-order valence-corrected chi connectivity index (χ3v) is 14.4. The van der Waals surface area contributed by atoms with Gasteiger partial charge in [-0.3, -0.25) is 0 Å². The van der Waals surface area contributed by atoms with Crippen molar-refractivity contribution in [2.45, 2.75) is 17.7 Å². The molecule has 2 bridgehead atoms. The van der Waals surface area contributed by atoms with Crippen LogP contribution in [0.5, 0.6) is 0 Å². The van der Waals surface area contributed by atoms with E-state index in [9.17, 15) is 0 Å². The molecule has 0 amide bonds. The van der Waals surface area contributed by atoms with Crippen LogP contribution in [0.1, 0.15) is 6.42 Å². The SMILES string of the molecule is O=P(c1ccccc1)(c1ccccc1)[C@@H]1[C@@H](P(c2ccccc2)c2ccccc2)[C@H]2C=C[C@@H]1C2. The fraction of sp³-hybridized carbons (Fsp3) is 0.161. The molecule has 1 nitrogen and oxygen atoms in total. The Bertz CT molecular complexity index is 1240. The summed E-state index contributed by atoms with van der Waals surface area (Å²) in [6, 6.07) is 42.5. The lowest BCUT2D eigenvalue weighted by molar-refractivity contribution is 0.565. The molecule has 0 aliphatic heterocycles. The first-order valence-electron chi connectivity index (χ1n) is 12.1. The number of hydrogen-bond acceptors (Lipinski definition) is 1. The fourth-order valence-electron chi connectivity index (χ4n) is 6.06. The van der Waals surface area contributed by atoms with Gasteiger partial charge in [-0.1, -0.05) is 133 Å². The Morgan fingerprint density at radius 2 is 0.971 bits per heavy atom. The highest BCUT2D eigenvalue weighted by molar-refractivity contribution is 7.81. The zero-order valence-electron chi connectivity index (χ0n) is 19.0. The second-order valence-corrected chi connectivity index (χ2v) is 14.6. The molecule has 4 aromatic rings. The van der Waals surface area contributed by atoms with Gasteiger partial charge in [0.25, 0.3) is 0 Å². The quantitative estimate of drug-likeness (QED) is 0.243. The van der Waals surface area contributed by atoms with Gasteiger partial charge in [-0.25, -0.2) is 0 Å². The number of fused-ring (bicyclic) bond motifs is 2. The molecule has 1 saturated carbocycles. The number of allylic oxidation sites excluding steroid dienone is 2. The fourth-order valence-corrected chi connectivity index (χ4v) is 13.8. The van der Waals surface area contributed by atoms with Crippen molar-refractivity contribution in [2.24, 2.45) is 11.8 Å². The molecule has 4 atom stereocenters. The molecule has 1 fully saturated rings. The number of benzene rings is 4. The molecular weight excluding hydrogens is 450 g/mol. The first-order valence-corrected chi connectivity index (χ1v) is 15.2. The minimum absolute atomic E-state index is 0.0961. The van der Waals surface area contributed by atoms with Crippen LogP contribution >= 0.6 is 15.1 Å². The Labute approximate surface area is 203 Å². The predicted octanol–water partition coefficient (Wildman–Crippen LogP) is 6.08. The molecule has 34 heavy (non-hydrogen) atoms.